The minimum absolute atomic E-state index is 0.321. The summed E-state index contributed by atoms with van der Waals surface area (Å²) >= 11 is 3.14. The highest BCUT2D eigenvalue weighted by atomic mass is 79.9. The maximum atomic E-state index is 13.4. The predicted octanol–water partition coefficient (Wildman–Crippen LogP) is 3.71. The first kappa shape index (κ1) is 11.2. The zero-order chi connectivity index (χ0) is 12.7. The van der Waals surface area contributed by atoms with Crippen molar-refractivity contribution in [3.8, 4) is 11.4 Å². The highest BCUT2D eigenvalue weighted by Gasteiger charge is 2.10. The molecular weight excluding hydrogens is 297 g/mol. The van der Waals surface area contributed by atoms with Gasteiger partial charge >= 0.3 is 0 Å². The average Bonchev–Trinajstić information content (AvgIpc) is 2.73. The van der Waals surface area contributed by atoms with E-state index in [2.05, 4.69) is 25.9 Å². The molecule has 1 aromatic heterocycles. The molecule has 3 N–H and O–H groups in total. The van der Waals surface area contributed by atoms with Gasteiger partial charge in [0.05, 0.1) is 15.5 Å². The van der Waals surface area contributed by atoms with E-state index in [9.17, 15) is 4.39 Å². The second-order valence-electron chi connectivity index (χ2n) is 3.96. The molecule has 0 bridgehead atoms. The van der Waals surface area contributed by atoms with Crippen molar-refractivity contribution in [3.63, 3.8) is 0 Å². The van der Waals surface area contributed by atoms with Gasteiger partial charge in [-0.25, -0.2) is 9.37 Å². The number of aromatic amines is 1. The summed E-state index contributed by atoms with van der Waals surface area (Å²) in [5, 5.41) is 0. The van der Waals surface area contributed by atoms with E-state index in [1.54, 1.807) is 12.1 Å². The number of H-pyrrole nitrogens is 1. The lowest BCUT2D eigenvalue weighted by Crippen LogP contribution is -1.90. The Balaban J connectivity index is 2.23. The van der Waals surface area contributed by atoms with E-state index < -0.39 is 0 Å². The van der Waals surface area contributed by atoms with Gasteiger partial charge in [0.25, 0.3) is 0 Å². The van der Waals surface area contributed by atoms with Crippen molar-refractivity contribution >= 4 is 32.7 Å². The minimum Gasteiger partial charge on any atom is -0.398 e. The van der Waals surface area contributed by atoms with Gasteiger partial charge in [-0.2, -0.15) is 0 Å². The van der Waals surface area contributed by atoms with Gasteiger partial charge in [0.15, 0.2) is 0 Å². The fourth-order valence-electron chi connectivity index (χ4n) is 1.85. The minimum atomic E-state index is -0.321. The number of nitrogens with one attached hydrogen (secondary N) is 1. The van der Waals surface area contributed by atoms with Crippen LogP contribution in [-0.4, -0.2) is 9.97 Å². The lowest BCUT2D eigenvalue weighted by Gasteiger charge is -2.00. The van der Waals surface area contributed by atoms with Gasteiger partial charge in [-0.3, -0.25) is 0 Å². The summed E-state index contributed by atoms with van der Waals surface area (Å²) in [6.07, 6.45) is 0. The summed E-state index contributed by atoms with van der Waals surface area (Å²) in [6.45, 7) is 0. The number of hydrogen-bond donors (Lipinski definition) is 2. The van der Waals surface area contributed by atoms with Crippen LogP contribution in [0.3, 0.4) is 0 Å². The number of nitrogens with two attached hydrogens (primary N) is 1. The number of hydrogen-bond acceptors (Lipinski definition) is 2. The molecule has 0 fully saturated rings. The first-order valence-corrected chi connectivity index (χ1v) is 6.14. The Morgan fingerprint density at radius 2 is 2.00 bits per heavy atom. The van der Waals surface area contributed by atoms with E-state index in [1.807, 2.05) is 18.2 Å². The molecule has 0 saturated heterocycles. The molecule has 5 heteroatoms. The van der Waals surface area contributed by atoms with Crippen molar-refractivity contribution < 1.29 is 4.39 Å². The number of aromatic nitrogens is 2. The van der Waals surface area contributed by atoms with Gasteiger partial charge in [0.1, 0.15) is 11.6 Å². The largest absolute Gasteiger partial charge is 0.398 e. The lowest BCUT2D eigenvalue weighted by atomic mass is 10.2. The normalized spacial score (nSPS) is 11.0. The number of anilines is 1. The van der Waals surface area contributed by atoms with Gasteiger partial charge in [-0.1, -0.05) is 12.1 Å². The predicted molar refractivity (Wildman–Crippen MR) is 73.6 cm³/mol. The standard InChI is InChI=1S/C13H9BrFN3/c14-8-5-11-12(6-9(8)15)18-13(17-11)7-3-1-2-4-10(7)16/h1-6H,16H2,(H,17,18). The fourth-order valence-corrected chi connectivity index (χ4v) is 2.18. The Labute approximate surface area is 111 Å². The van der Waals surface area contributed by atoms with Gasteiger partial charge in [-0.15, -0.1) is 0 Å². The molecule has 0 aliphatic carbocycles. The summed E-state index contributed by atoms with van der Waals surface area (Å²) in [5.74, 6) is 0.319. The number of imidazole rings is 1. The summed E-state index contributed by atoms with van der Waals surface area (Å²) in [4.78, 5) is 7.48. The number of benzene rings is 2. The Bertz CT molecular complexity index is 697. The topological polar surface area (TPSA) is 54.7 Å². The maximum absolute atomic E-state index is 13.4. The van der Waals surface area contributed by atoms with E-state index in [0.29, 0.717) is 27.0 Å². The highest BCUT2D eigenvalue weighted by molar-refractivity contribution is 9.10. The summed E-state index contributed by atoms with van der Waals surface area (Å²) in [7, 11) is 0. The molecule has 90 valence electrons. The zero-order valence-corrected chi connectivity index (χ0v) is 10.8. The van der Waals surface area contributed by atoms with Crippen molar-refractivity contribution in [1.82, 2.24) is 9.97 Å². The monoisotopic (exact) mass is 305 g/mol. The van der Waals surface area contributed by atoms with Crippen molar-refractivity contribution in [2.24, 2.45) is 0 Å². The van der Waals surface area contributed by atoms with Crippen molar-refractivity contribution in [2.75, 3.05) is 5.73 Å². The summed E-state index contributed by atoms with van der Waals surface area (Å²) < 4.78 is 13.8. The Hall–Kier alpha value is -1.88. The Morgan fingerprint density at radius 3 is 2.78 bits per heavy atom. The molecule has 3 rings (SSSR count). The summed E-state index contributed by atoms with van der Waals surface area (Å²) in [5.41, 5.74) is 8.68. The van der Waals surface area contributed by atoms with Gasteiger partial charge < -0.3 is 10.7 Å². The van der Waals surface area contributed by atoms with Crippen molar-refractivity contribution in [3.05, 3.63) is 46.7 Å². The van der Waals surface area contributed by atoms with Gasteiger partial charge in [-0.05, 0) is 34.1 Å². The number of fused-ring (bicyclic) bond motifs is 1. The number of nitrogens with zero attached hydrogens (tertiary/aromatic N) is 1. The van der Waals surface area contributed by atoms with Crippen LogP contribution < -0.4 is 5.73 Å². The molecule has 0 radical (unpaired) electrons. The zero-order valence-electron chi connectivity index (χ0n) is 9.24. The van der Waals surface area contributed by atoms with E-state index in [-0.39, 0.29) is 5.82 Å². The highest BCUT2D eigenvalue weighted by Crippen LogP contribution is 2.27. The third kappa shape index (κ3) is 1.76. The number of para-hydroxylation sites is 1. The van der Waals surface area contributed by atoms with Crippen molar-refractivity contribution in [1.29, 1.82) is 0 Å². The van der Waals surface area contributed by atoms with Crippen LogP contribution >= 0.6 is 15.9 Å². The molecule has 0 unspecified atom stereocenters. The molecular formula is C13H9BrFN3. The SMILES string of the molecule is Nc1ccccc1-c1nc2cc(Br)c(F)cc2[nH]1. The molecule has 18 heavy (non-hydrogen) atoms. The maximum Gasteiger partial charge on any atom is 0.140 e. The second-order valence-corrected chi connectivity index (χ2v) is 4.81. The molecule has 0 aliphatic heterocycles. The third-order valence-electron chi connectivity index (χ3n) is 2.74. The number of halogens is 2. The second kappa shape index (κ2) is 4.10. The van der Waals surface area contributed by atoms with Crippen LogP contribution in [0, 0.1) is 5.82 Å². The summed E-state index contributed by atoms with van der Waals surface area (Å²) in [6, 6.07) is 10.5. The molecule has 0 aliphatic rings. The van der Waals surface area contributed by atoms with Gasteiger partial charge in [0.2, 0.25) is 0 Å². The van der Waals surface area contributed by atoms with Crippen LogP contribution in [-0.2, 0) is 0 Å². The Morgan fingerprint density at radius 1 is 1.22 bits per heavy atom. The average molecular weight is 306 g/mol. The van der Waals surface area contributed by atoms with E-state index in [4.69, 9.17) is 5.73 Å². The van der Waals surface area contributed by atoms with Crippen LogP contribution in [0.15, 0.2) is 40.9 Å². The van der Waals surface area contributed by atoms with Crippen LogP contribution in [0.2, 0.25) is 0 Å². The third-order valence-corrected chi connectivity index (χ3v) is 3.35. The lowest BCUT2D eigenvalue weighted by molar-refractivity contribution is 0.623. The van der Waals surface area contributed by atoms with Crippen LogP contribution in [0.4, 0.5) is 10.1 Å². The van der Waals surface area contributed by atoms with Gasteiger partial charge in [0, 0.05) is 17.3 Å². The van der Waals surface area contributed by atoms with E-state index in [1.165, 1.54) is 6.07 Å². The van der Waals surface area contributed by atoms with Crippen molar-refractivity contribution in [2.45, 2.75) is 0 Å². The molecule has 0 amide bonds. The molecule has 3 nitrogen and oxygen atoms in total. The number of rotatable bonds is 1. The molecule has 0 atom stereocenters. The van der Waals surface area contributed by atoms with E-state index >= 15 is 0 Å². The first-order valence-electron chi connectivity index (χ1n) is 5.35. The number of nitrogen functional groups attached to an aromatic ring is 1. The first-order chi connectivity index (χ1) is 8.65. The van der Waals surface area contributed by atoms with Crippen LogP contribution in [0.1, 0.15) is 0 Å². The van der Waals surface area contributed by atoms with Crippen LogP contribution in [0.5, 0.6) is 0 Å². The molecule has 3 aromatic rings. The molecule has 0 saturated carbocycles. The fraction of sp³-hybridized carbons (Fsp3) is 0. The molecule has 1 heterocycles. The quantitative estimate of drug-likeness (QED) is 0.673. The molecule has 2 aromatic carbocycles. The van der Waals surface area contributed by atoms with Crippen LogP contribution in [0.25, 0.3) is 22.4 Å². The van der Waals surface area contributed by atoms with E-state index in [0.717, 1.165) is 5.56 Å². The Kier molecular flexibility index (Phi) is 2.56. The molecule has 0 spiro atoms. The smallest absolute Gasteiger partial charge is 0.140 e.